The minimum Gasteiger partial charge on any atom is -0.351 e. The Labute approximate surface area is 194 Å². The molecule has 0 atom stereocenters. The Bertz CT molecular complexity index is 1390. The minimum atomic E-state index is -2.48. The zero-order valence-electron chi connectivity index (χ0n) is 19.4. The maximum atomic E-state index is 13.0. The monoisotopic (exact) mass is 468 g/mol. The van der Waals surface area contributed by atoms with Gasteiger partial charge in [-0.3, -0.25) is 4.79 Å². The molecule has 1 aliphatic rings. The first-order valence-electron chi connectivity index (χ1n) is 11.1. The number of aromatic amines is 1. The van der Waals surface area contributed by atoms with Gasteiger partial charge in [0.2, 0.25) is 11.9 Å². The van der Waals surface area contributed by atoms with Crippen LogP contribution >= 0.6 is 0 Å². The molecule has 4 aromatic heterocycles. The van der Waals surface area contributed by atoms with Gasteiger partial charge in [-0.05, 0) is 25.8 Å². The third-order valence-corrected chi connectivity index (χ3v) is 6.51. The van der Waals surface area contributed by atoms with Gasteiger partial charge in [-0.25, -0.2) is 23.7 Å². The molecule has 34 heavy (non-hydrogen) atoms. The first kappa shape index (κ1) is 22.2. The van der Waals surface area contributed by atoms with E-state index in [2.05, 4.69) is 30.2 Å². The number of amides is 1. The number of carbonyl (C=O) groups is 1. The van der Waals surface area contributed by atoms with Crippen LogP contribution in [0.15, 0.2) is 24.7 Å². The van der Waals surface area contributed by atoms with E-state index in [1.54, 1.807) is 38.3 Å². The summed E-state index contributed by atoms with van der Waals surface area (Å²) < 4.78 is 27.6. The molecule has 0 bridgehead atoms. The summed E-state index contributed by atoms with van der Waals surface area (Å²) in [5.74, 6) is 1.12. The zero-order chi connectivity index (χ0) is 24.2. The second kappa shape index (κ2) is 8.00. The highest BCUT2D eigenvalue weighted by molar-refractivity contribution is 5.95. The summed E-state index contributed by atoms with van der Waals surface area (Å²) in [6, 6.07) is 1.95. The van der Waals surface area contributed by atoms with E-state index in [1.165, 1.54) is 4.57 Å². The van der Waals surface area contributed by atoms with Crippen LogP contribution in [0, 0.1) is 12.3 Å². The lowest BCUT2D eigenvalue weighted by molar-refractivity contribution is -0.143. The summed E-state index contributed by atoms with van der Waals surface area (Å²) >= 11 is 0. The number of hydrogen-bond acceptors (Lipinski definition) is 6. The average molecular weight is 469 g/mol. The molecule has 0 spiro atoms. The molecule has 1 aliphatic carbocycles. The summed E-state index contributed by atoms with van der Waals surface area (Å²) in [5.41, 5.74) is 2.87. The quantitative estimate of drug-likeness (QED) is 0.448. The van der Waals surface area contributed by atoms with Gasteiger partial charge in [-0.1, -0.05) is 6.92 Å². The topological polar surface area (TPSA) is 105 Å². The van der Waals surface area contributed by atoms with E-state index in [-0.39, 0.29) is 17.4 Å². The Balaban J connectivity index is 1.38. The highest BCUT2D eigenvalue weighted by atomic mass is 19.3. The van der Waals surface area contributed by atoms with Crippen LogP contribution in [-0.2, 0) is 11.3 Å². The number of imidazole rings is 1. The minimum absolute atomic E-state index is 0.130. The van der Waals surface area contributed by atoms with E-state index in [4.69, 9.17) is 0 Å². The fraction of sp³-hybridized carbons (Fsp3) is 0.435. The Kier molecular flexibility index (Phi) is 5.22. The van der Waals surface area contributed by atoms with E-state index in [0.717, 1.165) is 29.4 Å². The highest BCUT2D eigenvalue weighted by Gasteiger charge is 2.47. The second-order valence-corrected chi connectivity index (χ2v) is 9.40. The lowest BCUT2D eigenvalue weighted by Crippen LogP contribution is -2.52. The molecular weight excluding hydrogens is 442 g/mol. The third-order valence-electron chi connectivity index (χ3n) is 6.51. The van der Waals surface area contributed by atoms with Gasteiger partial charge < -0.3 is 19.8 Å². The van der Waals surface area contributed by atoms with Crippen molar-refractivity contribution in [2.75, 3.05) is 19.4 Å². The van der Waals surface area contributed by atoms with Crippen molar-refractivity contribution in [2.24, 2.45) is 5.41 Å². The summed E-state index contributed by atoms with van der Waals surface area (Å²) in [6.45, 7) is 3.24. The number of anilines is 1. The second-order valence-electron chi connectivity index (χ2n) is 9.40. The fourth-order valence-electron chi connectivity index (χ4n) is 4.88. The molecule has 11 heteroatoms. The normalized spacial score (nSPS) is 20.1. The number of nitrogens with one attached hydrogen (secondary N) is 2. The number of rotatable bonds is 6. The number of halogens is 2. The van der Waals surface area contributed by atoms with Crippen LogP contribution in [0.5, 0.6) is 0 Å². The number of nitrogens with zero attached hydrogens (tertiary/aromatic N) is 6. The fourth-order valence-corrected chi connectivity index (χ4v) is 4.88. The number of alkyl halides is 2. The Hall–Kier alpha value is -3.63. The maximum Gasteiger partial charge on any atom is 0.256 e. The van der Waals surface area contributed by atoms with E-state index in [0.29, 0.717) is 28.6 Å². The van der Waals surface area contributed by atoms with Gasteiger partial charge in [0.15, 0.2) is 5.65 Å². The van der Waals surface area contributed by atoms with Gasteiger partial charge in [0.1, 0.15) is 11.5 Å². The Morgan fingerprint density at radius 3 is 2.76 bits per heavy atom. The van der Waals surface area contributed by atoms with Crippen molar-refractivity contribution >= 4 is 34.1 Å². The number of H-pyrrole nitrogens is 1. The molecular formula is C23H26F2N8O. The number of aromatic nitrogens is 6. The van der Waals surface area contributed by atoms with Gasteiger partial charge in [0.05, 0.1) is 17.5 Å². The molecule has 1 fully saturated rings. The van der Waals surface area contributed by atoms with Crippen molar-refractivity contribution in [3.8, 4) is 11.1 Å². The summed E-state index contributed by atoms with van der Waals surface area (Å²) in [7, 11) is 3.55. The van der Waals surface area contributed by atoms with Crippen LogP contribution in [0.3, 0.4) is 0 Å². The van der Waals surface area contributed by atoms with E-state index in [1.807, 2.05) is 19.2 Å². The predicted molar refractivity (Wildman–Crippen MR) is 125 cm³/mol. The van der Waals surface area contributed by atoms with Gasteiger partial charge in [-0.2, -0.15) is 4.98 Å². The van der Waals surface area contributed by atoms with E-state index in [9.17, 15) is 13.6 Å². The predicted octanol–water partition coefficient (Wildman–Crippen LogP) is 3.61. The standard InChI is InChI=1S/C23H26F2N8O/c1-12-29-20-17(33(12)11-18(24)25)5-13(8-26-20)15-9-27-19-16(15)10-28-22(31-19)30-14-6-23(2,7-14)21(34)32(3)4/h5,8-10,14,18H,6-7,11H2,1-4H3,(H2,27,28,30,31)/t14-,23-. The summed E-state index contributed by atoms with van der Waals surface area (Å²) in [5, 5.41) is 4.11. The highest BCUT2D eigenvalue weighted by Crippen LogP contribution is 2.43. The van der Waals surface area contributed by atoms with E-state index >= 15 is 0 Å². The molecule has 1 saturated carbocycles. The van der Waals surface area contributed by atoms with Gasteiger partial charge in [-0.15, -0.1) is 0 Å². The first-order valence-corrected chi connectivity index (χ1v) is 11.1. The molecule has 0 radical (unpaired) electrons. The van der Waals surface area contributed by atoms with Gasteiger partial charge in [0, 0.05) is 55.2 Å². The summed E-state index contributed by atoms with van der Waals surface area (Å²) in [6.07, 6.45) is 4.17. The van der Waals surface area contributed by atoms with E-state index < -0.39 is 13.0 Å². The molecule has 0 unspecified atom stereocenters. The molecule has 0 saturated heterocycles. The van der Waals surface area contributed by atoms with Crippen LogP contribution < -0.4 is 5.32 Å². The smallest absolute Gasteiger partial charge is 0.256 e. The number of pyridine rings is 1. The van der Waals surface area contributed by atoms with Crippen LogP contribution in [-0.4, -0.2) is 66.9 Å². The van der Waals surface area contributed by atoms with Crippen molar-refractivity contribution < 1.29 is 13.6 Å². The van der Waals surface area contributed by atoms with Crippen molar-refractivity contribution in [3.05, 3.63) is 30.5 Å². The number of aryl methyl sites for hydroxylation is 1. The van der Waals surface area contributed by atoms with Crippen LogP contribution in [0.2, 0.25) is 0 Å². The molecule has 1 amide bonds. The van der Waals surface area contributed by atoms with Crippen molar-refractivity contribution in [1.29, 1.82) is 0 Å². The van der Waals surface area contributed by atoms with Crippen molar-refractivity contribution in [1.82, 2.24) is 34.4 Å². The Morgan fingerprint density at radius 1 is 1.29 bits per heavy atom. The SMILES string of the molecule is Cc1nc2ncc(-c3c[nH]c4nc(N[C@H]5C[C@](C)(C(=O)N(C)C)C5)ncc34)cc2n1CC(F)F. The molecule has 4 aromatic rings. The number of hydrogen-bond donors (Lipinski definition) is 2. The Morgan fingerprint density at radius 2 is 2.06 bits per heavy atom. The summed E-state index contributed by atoms with van der Waals surface area (Å²) in [4.78, 5) is 34.8. The van der Waals surface area contributed by atoms with Crippen LogP contribution in [0.4, 0.5) is 14.7 Å². The number of carbonyl (C=O) groups excluding carboxylic acids is 1. The molecule has 4 heterocycles. The lowest BCUT2D eigenvalue weighted by Gasteiger charge is -2.45. The molecule has 0 aliphatic heterocycles. The molecule has 0 aromatic carbocycles. The van der Waals surface area contributed by atoms with Crippen molar-refractivity contribution in [2.45, 2.75) is 45.7 Å². The van der Waals surface area contributed by atoms with Crippen LogP contribution in [0.1, 0.15) is 25.6 Å². The zero-order valence-corrected chi connectivity index (χ0v) is 19.4. The maximum absolute atomic E-state index is 13.0. The van der Waals surface area contributed by atoms with Gasteiger partial charge in [0.25, 0.3) is 6.43 Å². The number of fused-ring (bicyclic) bond motifs is 2. The average Bonchev–Trinajstić information content (AvgIpc) is 3.31. The lowest BCUT2D eigenvalue weighted by atomic mass is 9.66. The van der Waals surface area contributed by atoms with Crippen LogP contribution in [0.25, 0.3) is 33.3 Å². The largest absolute Gasteiger partial charge is 0.351 e. The third kappa shape index (κ3) is 3.74. The van der Waals surface area contributed by atoms with Crippen molar-refractivity contribution in [3.63, 3.8) is 0 Å². The van der Waals surface area contributed by atoms with Gasteiger partial charge >= 0.3 is 0 Å². The molecule has 178 valence electrons. The first-order chi connectivity index (χ1) is 16.1. The molecule has 9 nitrogen and oxygen atoms in total. The molecule has 5 rings (SSSR count). The molecule has 2 N–H and O–H groups in total.